The molecule has 4 heteroatoms. The smallest absolute Gasteiger partial charge is 0.163 e. The third kappa shape index (κ3) is 3.02. The first kappa shape index (κ1) is 12.0. The van der Waals surface area contributed by atoms with Crippen molar-refractivity contribution >= 4 is 11.6 Å². The number of hydrogen-bond donors (Lipinski definition) is 2. The van der Waals surface area contributed by atoms with E-state index in [0.29, 0.717) is 0 Å². The lowest BCUT2D eigenvalue weighted by Crippen LogP contribution is -2.07. The van der Waals surface area contributed by atoms with E-state index in [-0.39, 0.29) is 0 Å². The Hall–Kier alpha value is -2.10. The number of hydrogen-bond acceptors (Lipinski definition) is 4. The molecular formula is C15H18N4. The van der Waals surface area contributed by atoms with Crippen molar-refractivity contribution in [3.63, 3.8) is 0 Å². The minimum absolute atomic E-state index is 0.755. The van der Waals surface area contributed by atoms with Crippen LogP contribution in [0.1, 0.15) is 12.8 Å². The highest BCUT2D eigenvalue weighted by Crippen LogP contribution is 2.29. The number of aromatic nitrogens is 2. The number of anilines is 2. The zero-order valence-corrected chi connectivity index (χ0v) is 11.1. The molecule has 0 spiro atoms. The first-order chi connectivity index (χ1) is 9.35. The first-order valence-corrected chi connectivity index (χ1v) is 6.71. The Morgan fingerprint density at radius 2 is 1.84 bits per heavy atom. The van der Waals surface area contributed by atoms with Crippen LogP contribution in [0.25, 0.3) is 11.4 Å². The quantitative estimate of drug-likeness (QED) is 0.861. The minimum Gasteiger partial charge on any atom is -0.373 e. The second-order valence-electron chi connectivity index (χ2n) is 4.90. The molecule has 98 valence electrons. The predicted molar refractivity (Wildman–Crippen MR) is 78.2 cm³/mol. The molecule has 4 nitrogen and oxygen atoms in total. The summed E-state index contributed by atoms with van der Waals surface area (Å²) in [7, 11) is 1.88. The van der Waals surface area contributed by atoms with Gasteiger partial charge >= 0.3 is 0 Å². The Morgan fingerprint density at radius 1 is 1.11 bits per heavy atom. The number of nitrogens with zero attached hydrogens (tertiary/aromatic N) is 2. The Morgan fingerprint density at radius 3 is 2.53 bits per heavy atom. The van der Waals surface area contributed by atoms with Crippen LogP contribution in [-0.2, 0) is 0 Å². The van der Waals surface area contributed by atoms with Crippen LogP contribution in [0.15, 0.2) is 36.4 Å². The molecule has 0 radical (unpaired) electrons. The van der Waals surface area contributed by atoms with E-state index in [1.807, 2.05) is 43.4 Å². The Bertz CT molecular complexity index is 549. The predicted octanol–water partition coefficient (Wildman–Crippen LogP) is 3.01. The summed E-state index contributed by atoms with van der Waals surface area (Å²) in [6.45, 7) is 1.01. The Balaban J connectivity index is 1.87. The fourth-order valence-electron chi connectivity index (χ4n) is 1.95. The maximum atomic E-state index is 4.59. The van der Waals surface area contributed by atoms with Crippen LogP contribution in [0.5, 0.6) is 0 Å². The molecule has 1 saturated carbocycles. The zero-order valence-electron chi connectivity index (χ0n) is 11.1. The molecule has 19 heavy (non-hydrogen) atoms. The molecule has 1 aliphatic rings. The molecule has 0 saturated heterocycles. The fourth-order valence-corrected chi connectivity index (χ4v) is 1.95. The molecule has 1 heterocycles. The summed E-state index contributed by atoms with van der Waals surface area (Å²) in [6, 6.07) is 12.0. The van der Waals surface area contributed by atoms with Gasteiger partial charge in [0, 0.05) is 25.2 Å². The summed E-state index contributed by atoms with van der Waals surface area (Å²) < 4.78 is 0. The standard InChI is InChI=1S/C15H18N4/c1-16-13-9-14(17-10-11-7-8-11)19-15(18-13)12-5-3-2-4-6-12/h2-6,9,11H,7-8,10H2,1H3,(H2,16,17,18,19). The SMILES string of the molecule is CNc1cc(NCC2CC2)nc(-c2ccccc2)n1. The molecular weight excluding hydrogens is 236 g/mol. The molecule has 0 unspecified atom stereocenters. The van der Waals surface area contributed by atoms with Crippen LogP contribution in [0.2, 0.25) is 0 Å². The fraction of sp³-hybridized carbons (Fsp3) is 0.333. The summed E-state index contributed by atoms with van der Waals surface area (Å²) in [5, 5.41) is 6.49. The van der Waals surface area contributed by atoms with Crippen molar-refractivity contribution in [2.24, 2.45) is 5.92 Å². The molecule has 1 aliphatic carbocycles. The van der Waals surface area contributed by atoms with Gasteiger partial charge in [-0.2, -0.15) is 0 Å². The molecule has 0 aliphatic heterocycles. The van der Waals surface area contributed by atoms with E-state index in [0.717, 1.165) is 35.5 Å². The maximum Gasteiger partial charge on any atom is 0.163 e. The largest absolute Gasteiger partial charge is 0.373 e. The van der Waals surface area contributed by atoms with Gasteiger partial charge in [-0.15, -0.1) is 0 Å². The van der Waals surface area contributed by atoms with Crippen molar-refractivity contribution in [1.29, 1.82) is 0 Å². The molecule has 1 aromatic heterocycles. The molecule has 0 bridgehead atoms. The van der Waals surface area contributed by atoms with Crippen molar-refractivity contribution in [3.8, 4) is 11.4 Å². The van der Waals surface area contributed by atoms with Gasteiger partial charge in [-0.1, -0.05) is 30.3 Å². The highest BCUT2D eigenvalue weighted by Gasteiger charge is 2.21. The van der Waals surface area contributed by atoms with Crippen LogP contribution < -0.4 is 10.6 Å². The van der Waals surface area contributed by atoms with Gasteiger partial charge in [0.25, 0.3) is 0 Å². The number of rotatable bonds is 5. The van der Waals surface area contributed by atoms with Crippen molar-refractivity contribution in [3.05, 3.63) is 36.4 Å². The van der Waals surface area contributed by atoms with Crippen molar-refractivity contribution < 1.29 is 0 Å². The van der Waals surface area contributed by atoms with Crippen LogP contribution in [0.4, 0.5) is 11.6 Å². The van der Waals surface area contributed by atoms with E-state index in [1.165, 1.54) is 12.8 Å². The lowest BCUT2D eigenvalue weighted by Gasteiger charge is -2.09. The van der Waals surface area contributed by atoms with Crippen LogP contribution in [0.3, 0.4) is 0 Å². The van der Waals surface area contributed by atoms with Gasteiger partial charge < -0.3 is 10.6 Å². The summed E-state index contributed by atoms with van der Waals surface area (Å²) in [4.78, 5) is 9.09. The van der Waals surface area contributed by atoms with E-state index < -0.39 is 0 Å². The third-order valence-corrected chi connectivity index (χ3v) is 3.28. The lowest BCUT2D eigenvalue weighted by atomic mass is 10.2. The second-order valence-corrected chi connectivity index (χ2v) is 4.90. The van der Waals surface area contributed by atoms with Gasteiger partial charge in [0.05, 0.1) is 0 Å². The van der Waals surface area contributed by atoms with Crippen molar-refractivity contribution in [2.75, 3.05) is 24.2 Å². The molecule has 0 amide bonds. The van der Waals surface area contributed by atoms with Gasteiger partial charge in [0.1, 0.15) is 11.6 Å². The van der Waals surface area contributed by atoms with E-state index in [9.17, 15) is 0 Å². The third-order valence-electron chi connectivity index (χ3n) is 3.28. The summed E-state index contributed by atoms with van der Waals surface area (Å²) in [6.07, 6.45) is 2.67. The van der Waals surface area contributed by atoms with E-state index >= 15 is 0 Å². The summed E-state index contributed by atoms with van der Waals surface area (Å²) in [5.74, 6) is 3.32. The minimum atomic E-state index is 0.755. The highest BCUT2D eigenvalue weighted by molar-refractivity contribution is 5.61. The van der Waals surface area contributed by atoms with E-state index in [4.69, 9.17) is 0 Å². The molecule has 0 atom stereocenters. The van der Waals surface area contributed by atoms with Gasteiger partial charge in [0.15, 0.2) is 5.82 Å². The Kier molecular flexibility index (Phi) is 3.31. The van der Waals surface area contributed by atoms with Gasteiger partial charge in [-0.25, -0.2) is 9.97 Å². The molecule has 3 rings (SSSR count). The number of nitrogens with one attached hydrogen (secondary N) is 2. The Labute approximate surface area is 113 Å². The molecule has 1 aromatic carbocycles. The highest BCUT2D eigenvalue weighted by atomic mass is 15.1. The average Bonchev–Trinajstić information content (AvgIpc) is 3.30. The molecule has 1 fully saturated rings. The monoisotopic (exact) mass is 254 g/mol. The zero-order chi connectivity index (χ0) is 13.1. The molecule has 2 N–H and O–H groups in total. The topological polar surface area (TPSA) is 49.8 Å². The van der Waals surface area contributed by atoms with Crippen LogP contribution in [0, 0.1) is 5.92 Å². The normalized spacial score (nSPS) is 14.2. The number of benzene rings is 1. The van der Waals surface area contributed by atoms with Gasteiger partial charge in [-0.05, 0) is 18.8 Å². The van der Waals surface area contributed by atoms with Gasteiger partial charge in [-0.3, -0.25) is 0 Å². The summed E-state index contributed by atoms with van der Waals surface area (Å²) in [5.41, 5.74) is 1.04. The van der Waals surface area contributed by atoms with Crippen LogP contribution in [-0.4, -0.2) is 23.6 Å². The maximum absolute atomic E-state index is 4.59. The van der Waals surface area contributed by atoms with E-state index in [2.05, 4.69) is 20.6 Å². The van der Waals surface area contributed by atoms with Crippen LogP contribution >= 0.6 is 0 Å². The van der Waals surface area contributed by atoms with Gasteiger partial charge in [0.2, 0.25) is 0 Å². The van der Waals surface area contributed by atoms with Crippen molar-refractivity contribution in [2.45, 2.75) is 12.8 Å². The first-order valence-electron chi connectivity index (χ1n) is 6.71. The summed E-state index contributed by atoms with van der Waals surface area (Å²) >= 11 is 0. The lowest BCUT2D eigenvalue weighted by molar-refractivity contribution is 0.882. The average molecular weight is 254 g/mol. The van der Waals surface area contributed by atoms with E-state index in [1.54, 1.807) is 0 Å². The van der Waals surface area contributed by atoms with Crippen molar-refractivity contribution in [1.82, 2.24) is 9.97 Å². The molecule has 2 aromatic rings. The second kappa shape index (κ2) is 5.26.